The fourth-order valence-electron chi connectivity index (χ4n) is 1.68. The minimum Gasteiger partial charge on any atom is -0.382 e. The predicted octanol–water partition coefficient (Wildman–Crippen LogP) is 4.27. The summed E-state index contributed by atoms with van der Waals surface area (Å²) in [7, 11) is 0. The van der Waals surface area contributed by atoms with Gasteiger partial charge in [-0.3, -0.25) is 0 Å². The molecule has 0 spiro atoms. The lowest BCUT2D eigenvalue weighted by molar-refractivity contribution is 0.624. The molecule has 1 radical (unpaired) electrons. The van der Waals surface area contributed by atoms with E-state index >= 15 is 0 Å². The van der Waals surface area contributed by atoms with E-state index in [0.717, 1.165) is 0 Å². The number of hydrogen-bond donors (Lipinski definition) is 1. The zero-order chi connectivity index (χ0) is 10.9. The topological polar surface area (TPSA) is 12.0 Å². The first-order chi connectivity index (χ1) is 7.36. The first kappa shape index (κ1) is 12.1. The maximum atomic E-state index is 3.53. The second-order valence-electron chi connectivity index (χ2n) is 3.95. The molecule has 1 unspecified atom stereocenters. The zero-order valence-electron chi connectivity index (χ0n) is 9.87. The third kappa shape index (κ3) is 4.87. The largest absolute Gasteiger partial charge is 0.382 e. The van der Waals surface area contributed by atoms with E-state index in [9.17, 15) is 0 Å². The van der Waals surface area contributed by atoms with Gasteiger partial charge in [-0.25, -0.2) is 0 Å². The van der Waals surface area contributed by atoms with Crippen molar-refractivity contribution in [1.29, 1.82) is 0 Å². The second kappa shape index (κ2) is 7.33. The Bertz CT molecular complexity index is 243. The third-order valence-corrected chi connectivity index (χ3v) is 2.65. The number of unbranched alkanes of at least 4 members (excludes halogenated alkanes) is 2. The highest BCUT2D eigenvalue weighted by molar-refractivity contribution is 5.43. The number of nitrogens with one attached hydrogen (secondary N) is 1. The molecule has 1 rings (SSSR count). The SMILES string of the molecule is C[CH]C(CCCCC)Nc1ccccc1. The highest BCUT2D eigenvalue weighted by atomic mass is 14.9. The molecule has 0 aliphatic carbocycles. The van der Waals surface area contributed by atoms with Crippen LogP contribution in [0.4, 0.5) is 5.69 Å². The van der Waals surface area contributed by atoms with Crippen molar-refractivity contribution < 1.29 is 0 Å². The van der Waals surface area contributed by atoms with Crippen LogP contribution in [-0.4, -0.2) is 6.04 Å². The average molecular weight is 204 g/mol. The van der Waals surface area contributed by atoms with Gasteiger partial charge < -0.3 is 5.32 Å². The number of hydrogen-bond acceptors (Lipinski definition) is 1. The summed E-state index contributed by atoms with van der Waals surface area (Å²) in [4.78, 5) is 0. The Morgan fingerprint density at radius 1 is 1.20 bits per heavy atom. The molecular formula is C14H22N. The molecule has 1 aromatic carbocycles. The first-order valence-corrected chi connectivity index (χ1v) is 5.98. The van der Waals surface area contributed by atoms with Crippen LogP contribution in [0.3, 0.4) is 0 Å². The maximum absolute atomic E-state index is 3.53. The Hall–Kier alpha value is -0.980. The molecule has 83 valence electrons. The van der Waals surface area contributed by atoms with Gasteiger partial charge in [0.25, 0.3) is 0 Å². The Balaban J connectivity index is 2.33. The summed E-state index contributed by atoms with van der Waals surface area (Å²) in [5.41, 5.74) is 1.22. The van der Waals surface area contributed by atoms with Gasteiger partial charge in [0.1, 0.15) is 0 Å². The van der Waals surface area contributed by atoms with E-state index in [1.165, 1.54) is 31.4 Å². The van der Waals surface area contributed by atoms with Crippen LogP contribution in [0.15, 0.2) is 30.3 Å². The van der Waals surface area contributed by atoms with Crippen molar-refractivity contribution in [2.24, 2.45) is 0 Å². The summed E-state index contributed by atoms with van der Waals surface area (Å²) < 4.78 is 0. The highest BCUT2D eigenvalue weighted by Crippen LogP contribution is 2.13. The van der Waals surface area contributed by atoms with Gasteiger partial charge in [0, 0.05) is 11.7 Å². The lowest BCUT2D eigenvalue weighted by Crippen LogP contribution is -2.18. The van der Waals surface area contributed by atoms with Gasteiger partial charge in [0.15, 0.2) is 0 Å². The number of para-hydroxylation sites is 1. The van der Waals surface area contributed by atoms with Crippen molar-refractivity contribution in [2.75, 3.05) is 5.32 Å². The zero-order valence-corrected chi connectivity index (χ0v) is 9.87. The molecule has 0 aliphatic heterocycles. The van der Waals surface area contributed by atoms with E-state index in [-0.39, 0.29) is 0 Å². The molecule has 0 saturated heterocycles. The minimum atomic E-state index is 0.513. The third-order valence-electron chi connectivity index (χ3n) is 2.65. The van der Waals surface area contributed by atoms with Crippen LogP contribution in [0.1, 0.15) is 39.5 Å². The second-order valence-corrected chi connectivity index (χ2v) is 3.95. The molecule has 0 aromatic heterocycles. The molecule has 0 aliphatic rings. The van der Waals surface area contributed by atoms with Crippen molar-refractivity contribution >= 4 is 5.69 Å². The fraction of sp³-hybridized carbons (Fsp3) is 0.500. The van der Waals surface area contributed by atoms with E-state index in [1.807, 2.05) is 6.07 Å². The summed E-state index contributed by atoms with van der Waals surface area (Å²) in [5, 5.41) is 3.53. The molecule has 0 amide bonds. The van der Waals surface area contributed by atoms with Crippen LogP contribution in [0.2, 0.25) is 0 Å². The Morgan fingerprint density at radius 2 is 1.93 bits per heavy atom. The molecule has 1 N–H and O–H groups in total. The van der Waals surface area contributed by atoms with Crippen LogP contribution in [0.5, 0.6) is 0 Å². The van der Waals surface area contributed by atoms with Crippen LogP contribution in [0.25, 0.3) is 0 Å². The van der Waals surface area contributed by atoms with Gasteiger partial charge >= 0.3 is 0 Å². The average Bonchev–Trinajstić information content (AvgIpc) is 2.29. The van der Waals surface area contributed by atoms with Gasteiger partial charge in [-0.2, -0.15) is 0 Å². The van der Waals surface area contributed by atoms with Crippen molar-refractivity contribution in [1.82, 2.24) is 0 Å². The minimum absolute atomic E-state index is 0.513. The molecule has 1 nitrogen and oxygen atoms in total. The fourth-order valence-corrected chi connectivity index (χ4v) is 1.68. The van der Waals surface area contributed by atoms with Gasteiger partial charge in [-0.05, 0) is 25.0 Å². The number of benzene rings is 1. The summed E-state index contributed by atoms with van der Waals surface area (Å²) in [6, 6.07) is 10.9. The quantitative estimate of drug-likeness (QED) is 0.654. The van der Waals surface area contributed by atoms with E-state index < -0.39 is 0 Å². The normalized spacial score (nSPS) is 12.4. The maximum Gasteiger partial charge on any atom is 0.0342 e. The summed E-state index contributed by atoms with van der Waals surface area (Å²) in [6.07, 6.45) is 7.43. The van der Waals surface area contributed by atoms with E-state index in [4.69, 9.17) is 0 Å². The van der Waals surface area contributed by atoms with Crippen molar-refractivity contribution in [3.05, 3.63) is 36.8 Å². The van der Waals surface area contributed by atoms with Gasteiger partial charge in [-0.15, -0.1) is 0 Å². The standard InChI is InChI=1S/C14H22N/c1-3-5-7-10-13(4-2)15-14-11-8-6-9-12-14/h4,6,8-9,11-13,15H,3,5,7,10H2,1-2H3. The van der Waals surface area contributed by atoms with Crippen molar-refractivity contribution in [3.63, 3.8) is 0 Å². The molecule has 0 saturated carbocycles. The first-order valence-electron chi connectivity index (χ1n) is 5.98. The van der Waals surface area contributed by atoms with Crippen LogP contribution < -0.4 is 5.32 Å². The molecule has 0 fully saturated rings. The van der Waals surface area contributed by atoms with Crippen LogP contribution in [-0.2, 0) is 0 Å². The number of anilines is 1. The molecule has 15 heavy (non-hydrogen) atoms. The summed E-state index contributed by atoms with van der Waals surface area (Å²) in [6.45, 7) is 4.38. The lowest BCUT2D eigenvalue weighted by Gasteiger charge is -2.17. The molecule has 0 heterocycles. The van der Waals surface area contributed by atoms with E-state index in [0.29, 0.717) is 6.04 Å². The lowest BCUT2D eigenvalue weighted by atomic mass is 10.1. The van der Waals surface area contributed by atoms with Gasteiger partial charge in [-0.1, -0.05) is 51.3 Å². The summed E-state index contributed by atoms with van der Waals surface area (Å²) in [5.74, 6) is 0. The van der Waals surface area contributed by atoms with E-state index in [1.54, 1.807) is 0 Å². The van der Waals surface area contributed by atoms with Crippen molar-refractivity contribution in [2.45, 2.75) is 45.6 Å². The number of rotatable bonds is 7. The molecule has 1 heteroatoms. The van der Waals surface area contributed by atoms with Crippen LogP contribution >= 0.6 is 0 Å². The van der Waals surface area contributed by atoms with Crippen molar-refractivity contribution in [3.8, 4) is 0 Å². The summed E-state index contributed by atoms with van der Waals surface area (Å²) >= 11 is 0. The molecular weight excluding hydrogens is 182 g/mol. The predicted molar refractivity (Wildman–Crippen MR) is 68.0 cm³/mol. The van der Waals surface area contributed by atoms with Gasteiger partial charge in [0.05, 0.1) is 0 Å². The van der Waals surface area contributed by atoms with E-state index in [2.05, 4.69) is 49.9 Å². The smallest absolute Gasteiger partial charge is 0.0342 e. The highest BCUT2D eigenvalue weighted by Gasteiger charge is 2.04. The molecule has 1 atom stereocenters. The Labute approximate surface area is 93.9 Å². The molecule has 0 bridgehead atoms. The molecule has 1 aromatic rings. The Kier molecular flexibility index (Phi) is 5.91. The monoisotopic (exact) mass is 204 g/mol. The Morgan fingerprint density at radius 3 is 2.53 bits per heavy atom. The van der Waals surface area contributed by atoms with Crippen LogP contribution in [0, 0.1) is 6.42 Å². The van der Waals surface area contributed by atoms with Gasteiger partial charge in [0.2, 0.25) is 0 Å².